The molecule has 2 rings (SSSR count). The highest BCUT2D eigenvalue weighted by atomic mass is 35.5. The Morgan fingerprint density at radius 2 is 2.05 bits per heavy atom. The second-order valence-corrected chi connectivity index (χ2v) is 7.38. The summed E-state index contributed by atoms with van der Waals surface area (Å²) in [5, 5.41) is 13.5. The van der Waals surface area contributed by atoms with E-state index in [1.54, 1.807) is 12.1 Å². The van der Waals surface area contributed by atoms with Gasteiger partial charge in [0, 0.05) is 17.5 Å². The van der Waals surface area contributed by atoms with Crippen molar-refractivity contribution in [3.63, 3.8) is 0 Å². The molecule has 1 aromatic heterocycles. The van der Waals surface area contributed by atoms with Crippen LogP contribution in [0.5, 0.6) is 0 Å². The SMILES string of the molecule is CC(C)(C)NCCCc1nnc(-c2ccc(Cl)c(F)c2)s1. The molecule has 0 radical (unpaired) electrons. The largest absolute Gasteiger partial charge is 0.312 e. The number of benzene rings is 1. The maximum Gasteiger partial charge on any atom is 0.147 e. The molecule has 2 aromatic rings. The first-order valence-electron chi connectivity index (χ1n) is 6.88. The molecule has 3 nitrogen and oxygen atoms in total. The van der Waals surface area contributed by atoms with Gasteiger partial charge in [-0.25, -0.2) is 4.39 Å². The van der Waals surface area contributed by atoms with Crippen molar-refractivity contribution >= 4 is 22.9 Å². The molecule has 0 unspecified atom stereocenters. The van der Waals surface area contributed by atoms with Gasteiger partial charge in [-0.05, 0) is 45.9 Å². The van der Waals surface area contributed by atoms with Crippen molar-refractivity contribution in [2.24, 2.45) is 0 Å². The van der Waals surface area contributed by atoms with Crippen molar-refractivity contribution in [3.05, 3.63) is 34.0 Å². The van der Waals surface area contributed by atoms with Crippen LogP contribution < -0.4 is 5.32 Å². The maximum absolute atomic E-state index is 13.4. The molecule has 0 spiro atoms. The smallest absolute Gasteiger partial charge is 0.147 e. The molecule has 6 heteroatoms. The van der Waals surface area contributed by atoms with Gasteiger partial charge in [0.1, 0.15) is 15.8 Å². The molecule has 1 heterocycles. The summed E-state index contributed by atoms with van der Waals surface area (Å²) < 4.78 is 13.4. The number of hydrogen-bond acceptors (Lipinski definition) is 4. The summed E-state index contributed by atoms with van der Waals surface area (Å²) in [7, 11) is 0. The van der Waals surface area contributed by atoms with E-state index in [1.807, 2.05) is 0 Å². The van der Waals surface area contributed by atoms with Gasteiger partial charge in [-0.15, -0.1) is 10.2 Å². The highest BCUT2D eigenvalue weighted by Gasteiger charge is 2.10. The zero-order valence-electron chi connectivity index (χ0n) is 12.4. The molecule has 0 atom stereocenters. The van der Waals surface area contributed by atoms with E-state index in [9.17, 15) is 4.39 Å². The van der Waals surface area contributed by atoms with Gasteiger partial charge in [0.25, 0.3) is 0 Å². The van der Waals surface area contributed by atoms with Crippen molar-refractivity contribution in [2.75, 3.05) is 6.54 Å². The van der Waals surface area contributed by atoms with E-state index in [2.05, 4.69) is 36.3 Å². The van der Waals surface area contributed by atoms with Gasteiger partial charge in [0.05, 0.1) is 5.02 Å². The van der Waals surface area contributed by atoms with E-state index < -0.39 is 5.82 Å². The Morgan fingerprint density at radius 1 is 1.29 bits per heavy atom. The molecule has 1 aromatic carbocycles. The Labute approximate surface area is 133 Å². The zero-order valence-corrected chi connectivity index (χ0v) is 14.0. The van der Waals surface area contributed by atoms with Gasteiger partial charge in [-0.1, -0.05) is 29.0 Å². The third-order valence-corrected chi connectivity index (χ3v) is 4.19. The van der Waals surface area contributed by atoms with Crippen LogP contribution in [0.3, 0.4) is 0 Å². The minimum absolute atomic E-state index is 0.122. The number of halogens is 2. The lowest BCUT2D eigenvalue weighted by molar-refractivity contribution is 0.422. The van der Waals surface area contributed by atoms with Gasteiger partial charge in [-0.2, -0.15) is 0 Å². The second-order valence-electron chi connectivity index (χ2n) is 5.91. The van der Waals surface area contributed by atoms with Crippen LogP contribution in [-0.2, 0) is 6.42 Å². The van der Waals surface area contributed by atoms with Crippen LogP contribution in [0.4, 0.5) is 4.39 Å². The van der Waals surface area contributed by atoms with E-state index in [0.29, 0.717) is 5.56 Å². The number of aryl methyl sites for hydroxylation is 1. The zero-order chi connectivity index (χ0) is 15.5. The highest BCUT2D eigenvalue weighted by molar-refractivity contribution is 7.14. The standard InChI is InChI=1S/C15H19ClFN3S/c1-15(2,3)18-8-4-5-13-19-20-14(21-13)10-6-7-11(16)12(17)9-10/h6-7,9,18H,4-5,8H2,1-3H3. The summed E-state index contributed by atoms with van der Waals surface area (Å²) in [6.45, 7) is 7.37. The van der Waals surface area contributed by atoms with Crippen LogP contribution in [0.2, 0.25) is 5.02 Å². The van der Waals surface area contributed by atoms with Crippen LogP contribution in [0.15, 0.2) is 18.2 Å². The van der Waals surface area contributed by atoms with Crippen molar-refractivity contribution in [3.8, 4) is 10.6 Å². The highest BCUT2D eigenvalue weighted by Crippen LogP contribution is 2.27. The van der Waals surface area contributed by atoms with Gasteiger partial charge >= 0.3 is 0 Å². The summed E-state index contributed by atoms with van der Waals surface area (Å²) in [4.78, 5) is 0. The summed E-state index contributed by atoms with van der Waals surface area (Å²) in [5.74, 6) is -0.430. The summed E-state index contributed by atoms with van der Waals surface area (Å²) >= 11 is 7.18. The minimum Gasteiger partial charge on any atom is -0.312 e. The number of nitrogens with zero attached hydrogens (tertiary/aromatic N) is 2. The summed E-state index contributed by atoms with van der Waals surface area (Å²) in [6, 6.07) is 4.70. The average Bonchev–Trinajstić information content (AvgIpc) is 2.86. The Morgan fingerprint density at radius 3 is 2.71 bits per heavy atom. The second kappa shape index (κ2) is 6.81. The van der Waals surface area contributed by atoms with Crippen molar-refractivity contribution in [1.29, 1.82) is 0 Å². The van der Waals surface area contributed by atoms with Gasteiger partial charge in [0.2, 0.25) is 0 Å². The molecule has 0 saturated heterocycles. The predicted molar refractivity (Wildman–Crippen MR) is 86.4 cm³/mol. The van der Waals surface area contributed by atoms with Crippen LogP contribution in [0.1, 0.15) is 32.2 Å². The lowest BCUT2D eigenvalue weighted by atomic mass is 10.1. The van der Waals surface area contributed by atoms with Gasteiger partial charge in [-0.3, -0.25) is 0 Å². The topological polar surface area (TPSA) is 37.8 Å². The Hall–Kier alpha value is -1.04. The number of hydrogen-bond donors (Lipinski definition) is 1. The minimum atomic E-state index is -0.430. The lowest BCUT2D eigenvalue weighted by Crippen LogP contribution is -2.36. The number of rotatable bonds is 5. The molecule has 0 amide bonds. The van der Waals surface area contributed by atoms with E-state index in [4.69, 9.17) is 11.6 Å². The lowest BCUT2D eigenvalue weighted by Gasteiger charge is -2.20. The van der Waals surface area contributed by atoms with Crippen molar-refractivity contribution in [2.45, 2.75) is 39.2 Å². The first-order valence-corrected chi connectivity index (χ1v) is 8.07. The predicted octanol–water partition coefficient (Wildman–Crippen LogP) is 4.32. The summed E-state index contributed by atoms with van der Waals surface area (Å²) in [6.07, 6.45) is 1.87. The van der Waals surface area contributed by atoms with Crippen LogP contribution >= 0.6 is 22.9 Å². The quantitative estimate of drug-likeness (QED) is 0.831. The molecular weight excluding hydrogens is 309 g/mol. The molecule has 0 aliphatic heterocycles. The van der Waals surface area contributed by atoms with Crippen molar-refractivity contribution < 1.29 is 4.39 Å². The first kappa shape index (κ1) is 16.3. The van der Waals surface area contributed by atoms with E-state index in [1.165, 1.54) is 17.4 Å². The molecule has 21 heavy (non-hydrogen) atoms. The van der Waals surface area contributed by atoms with Crippen LogP contribution in [-0.4, -0.2) is 22.3 Å². The molecule has 0 saturated carbocycles. The normalized spacial score (nSPS) is 11.9. The maximum atomic E-state index is 13.4. The molecule has 1 N–H and O–H groups in total. The van der Waals surface area contributed by atoms with Gasteiger partial charge < -0.3 is 5.32 Å². The third-order valence-electron chi connectivity index (χ3n) is 2.86. The third kappa shape index (κ3) is 5.02. The fourth-order valence-electron chi connectivity index (χ4n) is 1.80. The Kier molecular flexibility index (Phi) is 5.30. The first-order chi connectivity index (χ1) is 9.85. The van der Waals surface area contributed by atoms with E-state index >= 15 is 0 Å². The van der Waals surface area contributed by atoms with Crippen LogP contribution in [0, 0.1) is 5.82 Å². The van der Waals surface area contributed by atoms with E-state index in [0.717, 1.165) is 29.4 Å². The van der Waals surface area contributed by atoms with Gasteiger partial charge in [0.15, 0.2) is 0 Å². The fraction of sp³-hybridized carbons (Fsp3) is 0.467. The van der Waals surface area contributed by atoms with Crippen LogP contribution in [0.25, 0.3) is 10.6 Å². The molecule has 0 aliphatic carbocycles. The number of nitrogens with one attached hydrogen (secondary N) is 1. The number of aromatic nitrogens is 2. The molecular formula is C15H19ClFN3S. The fourth-order valence-corrected chi connectivity index (χ4v) is 2.80. The monoisotopic (exact) mass is 327 g/mol. The Balaban J connectivity index is 1.93. The molecule has 0 bridgehead atoms. The average molecular weight is 328 g/mol. The van der Waals surface area contributed by atoms with E-state index in [-0.39, 0.29) is 10.6 Å². The summed E-state index contributed by atoms with van der Waals surface area (Å²) in [5.41, 5.74) is 0.848. The molecule has 0 aliphatic rings. The molecule has 114 valence electrons. The van der Waals surface area contributed by atoms with Crippen molar-refractivity contribution in [1.82, 2.24) is 15.5 Å². The molecule has 0 fully saturated rings. The Bertz CT molecular complexity index is 607.